The van der Waals surface area contributed by atoms with Gasteiger partial charge in [0.15, 0.2) is 5.69 Å². The summed E-state index contributed by atoms with van der Waals surface area (Å²) in [4.78, 5) is 16.1. The maximum atomic E-state index is 11.5. The second-order valence-corrected chi connectivity index (χ2v) is 6.06. The van der Waals surface area contributed by atoms with Crippen LogP contribution in [-0.2, 0) is 4.74 Å². The van der Waals surface area contributed by atoms with Crippen LogP contribution in [0.5, 0.6) is 0 Å². The van der Waals surface area contributed by atoms with Crippen molar-refractivity contribution in [2.45, 2.75) is 13.0 Å². The van der Waals surface area contributed by atoms with Gasteiger partial charge in [-0.25, -0.2) is 9.48 Å². The number of nitrogens with zero attached hydrogens (tertiary/aromatic N) is 5. The van der Waals surface area contributed by atoms with Crippen LogP contribution in [0.2, 0.25) is 0 Å². The van der Waals surface area contributed by atoms with E-state index in [-0.39, 0.29) is 5.69 Å². The molecule has 128 valence electrons. The number of esters is 1. The number of benzene rings is 1. The largest absolute Gasteiger partial charge is 0.464 e. The Balaban J connectivity index is 1.82. The molecule has 24 heavy (non-hydrogen) atoms. The topological polar surface area (TPSA) is 89.5 Å². The summed E-state index contributed by atoms with van der Waals surface area (Å²) < 4.78 is 6.15. The number of aromatic nitrogens is 3. The Hall–Kier alpha value is -2.61. The van der Waals surface area contributed by atoms with Gasteiger partial charge in [0.05, 0.1) is 30.4 Å². The molecular formula is C16H22N6O2. The number of nitrogen functional groups attached to an aromatic ring is 1. The number of hydrogen-bond acceptors (Lipinski definition) is 7. The number of piperazine rings is 1. The molecule has 1 aromatic carbocycles. The van der Waals surface area contributed by atoms with Gasteiger partial charge in [-0.3, -0.25) is 0 Å². The first kappa shape index (κ1) is 16.3. The van der Waals surface area contributed by atoms with Crippen LogP contribution in [0.15, 0.2) is 24.4 Å². The van der Waals surface area contributed by atoms with Crippen molar-refractivity contribution in [1.29, 1.82) is 0 Å². The molecule has 8 heteroatoms. The number of anilines is 2. The monoisotopic (exact) mass is 330 g/mol. The molecule has 0 radical (unpaired) electrons. The molecule has 0 bridgehead atoms. The first-order chi connectivity index (χ1) is 11.5. The minimum Gasteiger partial charge on any atom is -0.464 e. The number of nitrogens with two attached hydrogens (primary N) is 1. The summed E-state index contributed by atoms with van der Waals surface area (Å²) in [5.41, 5.74) is 8.87. The lowest BCUT2D eigenvalue weighted by Gasteiger charge is -2.39. The molecule has 0 saturated carbocycles. The zero-order chi connectivity index (χ0) is 17.3. The van der Waals surface area contributed by atoms with E-state index in [9.17, 15) is 4.79 Å². The summed E-state index contributed by atoms with van der Waals surface area (Å²) in [7, 11) is 3.45. The average Bonchev–Trinajstić information content (AvgIpc) is 3.07. The zero-order valence-corrected chi connectivity index (χ0v) is 14.1. The number of ether oxygens (including phenoxy) is 1. The summed E-state index contributed by atoms with van der Waals surface area (Å²) >= 11 is 0. The van der Waals surface area contributed by atoms with E-state index in [0.717, 1.165) is 31.0 Å². The van der Waals surface area contributed by atoms with E-state index >= 15 is 0 Å². The van der Waals surface area contributed by atoms with Crippen molar-refractivity contribution >= 4 is 17.3 Å². The van der Waals surface area contributed by atoms with Gasteiger partial charge in [0, 0.05) is 25.7 Å². The van der Waals surface area contributed by atoms with E-state index in [2.05, 4.69) is 38.8 Å². The summed E-state index contributed by atoms with van der Waals surface area (Å²) in [6.45, 7) is 5.10. The highest BCUT2D eigenvalue weighted by Gasteiger charge is 2.22. The van der Waals surface area contributed by atoms with E-state index in [1.54, 1.807) is 0 Å². The van der Waals surface area contributed by atoms with Crippen molar-refractivity contribution in [3.8, 4) is 5.69 Å². The minimum atomic E-state index is -0.516. The maximum Gasteiger partial charge on any atom is 0.360 e. The molecule has 0 spiro atoms. The van der Waals surface area contributed by atoms with E-state index in [4.69, 9.17) is 5.73 Å². The van der Waals surface area contributed by atoms with Crippen molar-refractivity contribution in [3.63, 3.8) is 0 Å². The predicted octanol–water partition coefficient (Wildman–Crippen LogP) is 0.776. The number of hydrogen-bond donors (Lipinski definition) is 1. The third kappa shape index (κ3) is 3.05. The molecule has 1 fully saturated rings. The Labute approximate surface area is 140 Å². The van der Waals surface area contributed by atoms with E-state index < -0.39 is 5.97 Å². The molecule has 1 saturated heterocycles. The fourth-order valence-electron chi connectivity index (χ4n) is 2.83. The van der Waals surface area contributed by atoms with Crippen molar-refractivity contribution < 1.29 is 9.53 Å². The predicted molar refractivity (Wildman–Crippen MR) is 91.4 cm³/mol. The van der Waals surface area contributed by atoms with Crippen LogP contribution >= 0.6 is 0 Å². The van der Waals surface area contributed by atoms with Crippen LogP contribution in [0.1, 0.15) is 17.4 Å². The standard InChI is InChI=1S/C16H22N6O2/c1-11-9-21(7-6-20(11)2)15-5-4-12(8-13(15)17)22-10-14(18-19-22)16(23)24-3/h4-5,8,10-11H,6-7,9,17H2,1-3H3/t11-/m0/s1. The van der Waals surface area contributed by atoms with Crippen LogP contribution in [0, 0.1) is 0 Å². The smallest absolute Gasteiger partial charge is 0.360 e. The second kappa shape index (κ2) is 6.48. The fourth-order valence-corrected chi connectivity index (χ4v) is 2.83. The Morgan fingerprint density at radius 3 is 2.83 bits per heavy atom. The van der Waals surface area contributed by atoms with Crippen LogP contribution < -0.4 is 10.6 Å². The normalized spacial score (nSPS) is 18.6. The maximum absolute atomic E-state index is 11.5. The minimum absolute atomic E-state index is 0.160. The quantitative estimate of drug-likeness (QED) is 0.657. The third-order valence-corrected chi connectivity index (χ3v) is 4.46. The van der Waals surface area contributed by atoms with Crippen molar-refractivity contribution in [1.82, 2.24) is 19.9 Å². The van der Waals surface area contributed by atoms with Gasteiger partial charge >= 0.3 is 5.97 Å². The first-order valence-corrected chi connectivity index (χ1v) is 7.85. The van der Waals surface area contributed by atoms with Crippen LogP contribution in [0.25, 0.3) is 5.69 Å². The Bertz CT molecular complexity index is 744. The molecule has 1 aliphatic rings. The highest BCUT2D eigenvalue weighted by Crippen LogP contribution is 2.27. The molecule has 2 heterocycles. The molecule has 1 atom stereocenters. The van der Waals surface area contributed by atoms with Gasteiger partial charge in [-0.05, 0) is 32.2 Å². The number of rotatable bonds is 3. The van der Waals surface area contributed by atoms with Crippen molar-refractivity contribution in [2.24, 2.45) is 0 Å². The molecule has 0 amide bonds. The van der Waals surface area contributed by atoms with Gasteiger partial charge in [-0.15, -0.1) is 5.10 Å². The number of carbonyl (C=O) groups excluding carboxylic acids is 1. The molecule has 1 aromatic heterocycles. The molecule has 0 aliphatic carbocycles. The Morgan fingerprint density at radius 2 is 2.17 bits per heavy atom. The van der Waals surface area contributed by atoms with Gasteiger partial charge < -0.3 is 20.3 Å². The average molecular weight is 330 g/mol. The van der Waals surface area contributed by atoms with E-state index in [0.29, 0.717) is 11.7 Å². The molecule has 0 unspecified atom stereocenters. The van der Waals surface area contributed by atoms with Gasteiger partial charge in [0.25, 0.3) is 0 Å². The van der Waals surface area contributed by atoms with Gasteiger partial charge in [0.1, 0.15) is 0 Å². The molecular weight excluding hydrogens is 308 g/mol. The van der Waals surface area contributed by atoms with Crippen LogP contribution in [-0.4, -0.2) is 65.7 Å². The van der Waals surface area contributed by atoms with Gasteiger partial charge in [-0.1, -0.05) is 5.21 Å². The van der Waals surface area contributed by atoms with Crippen molar-refractivity contribution in [3.05, 3.63) is 30.1 Å². The molecule has 8 nitrogen and oxygen atoms in total. The Morgan fingerprint density at radius 1 is 1.38 bits per heavy atom. The fraction of sp³-hybridized carbons (Fsp3) is 0.438. The summed E-state index contributed by atoms with van der Waals surface area (Å²) in [6, 6.07) is 6.23. The summed E-state index contributed by atoms with van der Waals surface area (Å²) in [5.74, 6) is -0.516. The molecule has 2 N–H and O–H groups in total. The highest BCUT2D eigenvalue weighted by atomic mass is 16.5. The molecule has 3 rings (SSSR count). The molecule has 2 aromatic rings. The lowest BCUT2D eigenvalue weighted by molar-refractivity contribution is 0.0594. The lowest BCUT2D eigenvalue weighted by Crippen LogP contribution is -2.50. The second-order valence-electron chi connectivity index (χ2n) is 6.06. The summed E-state index contributed by atoms with van der Waals surface area (Å²) in [6.07, 6.45) is 1.53. The third-order valence-electron chi connectivity index (χ3n) is 4.46. The summed E-state index contributed by atoms with van der Waals surface area (Å²) in [5, 5.41) is 7.76. The van der Waals surface area contributed by atoms with Crippen molar-refractivity contribution in [2.75, 3.05) is 44.4 Å². The highest BCUT2D eigenvalue weighted by molar-refractivity contribution is 5.86. The van der Waals surface area contributed by atoms with Gasteiger partial charge in [-0.2, -0.15) is 0 Å². The van der Waals surface area contributed by atoms with Gasteiger partial charge in [0.2, 0.25) is 0 Å². The first-order valence-electron chi connectivity index (χ1n) is 7.85. The van der Waals surface area contributed by atoms with E-state index in [1.807, 2.05) is 18.2 Å². The number of carbonyl (C=O) groups is 1. The lowest BCUT2D eigenvalue weighted by atomic mass is 10.1. The number of likely N-dealkylation sites (N-methyl/N-ethyl adjacent to an activating group) is 1. The Kier molecular flexibility index (Phi) is 4.39. The van der Waals surface area contributed by atoms with Crippen LogP contribution in [0.4, 0.5) is 11.4 Å². The SMILES string of the molecule is COC(=O)c1cn(-c2ccc(N3CCN(C)[C@@H](C)C3)c(N)c2)nn1. The van der Waals surface area contributed by atoms with Crippen LogP contribution in [0.3, 0.4) is 0 Å². The zero-order valence-electron chi connectivity index (χ0n) is 14.1. The number of methoxy groups -OCH3 is 1. The van der Waals surface area contributed by atoms with E-state index in [1.165, 1.54) is 18.0 Å². The molecule has 1 aliphatic heterocycles.